The zero-order valence-corrected chi connectivity index (χ0v) is 14.0. The summed E-state index contributed by atoms with van der Waals surface area (Å²) < 4.78 is 1.12. The number of carbonyl (C=O) groups is 1. The Kier molecular flexibility index (Phi) is 6.08. The molecule has 1 aromatic carbocycles. The molecule has 3 nitrogen and oxygen atoms in total. The molecule has 0 saturated heterocycles. The number of carbonyl (C=O) groups excluding carboxylic acids is 1. The largest absolute Gasteiger partial charge is 0.345 e. The van der Waals surface area contributed by atoms with Crippen LogP contribution in [0, 0.1) is 10.5 Å². The Morgan fingerprint density at radius 2 is 2.05 bits per heavy atom. The highest BCUT2D eigenvalue weighted by Gasteiger charge is 2.34. The minimum absolute atomic E-state index is 0. The van der Waals surface area contributed by atoms with Gasteiger partial charge in [0.15, 0.2) is 0 Å². The fourth-order valence-electron chi connectivity index (χ4n) is 2.59. The maximum absolute atomic E-state index is 12.4. The fourth-order valence-corrected chi connectivity index (χ4v) is 3.09. The summed E-state index contributed by atoms with van der Waals surface area (Å²) in [5.41, 5.74) is 7.48. The Labute approximate surface area is 134 Å². The van der Waals surface area contributed by atoms with Gasteiger partial charge in [-0.3, -0.25) is 4.79 Å². The summed E-state index contributed by atoms with van der Waals surface area (Å²) in [6.45, 7) is 2.52. The van der Waals surface area contributed by atoms with Crippen LogP contribution in [0.4, 0.5) is 0 Å². The highest BCUT2D eigenvalue weighted by Crippen LogP contribution is 2.29. The van der Waals surface area contributed by atoms with Gasteiger partial charge in [0.25, 0.3) is 5.91 Å². The van der Waals surface area contributed by atoms with Gasteiger partial charge in [-0.15, -0.1) is 12.4 Å². The number of hydrogen-bond acceptors (Lipinski definition) is 2. The van der Waals surface area contributed by atoms with Gasteiger partial charge in [-0.2, -0.15) is 0 Å². The molecule has 1 amide bonds. The molecule has 0 heterocycles. The van der Waals surface area contributed by atoms with E-state index in [9.17, 15) is 4.79 Å². The van der Waals surface area contributed by atoms with E-state index < -0.39 is 0 Å². The first-order valence-electron chi connectivity index (χ1n) is 6.36. The number of nitrogens with one attached hydrogen (secondary N) is 1. The molecule has 0 spiro atoms. The molecule has 1 saturated carbocycles. The lowest BCUT2D eigenvalue weighted by Gasteiger charge is -2.29. The second-order valence-electron chi connectivity index (χ2n) is 5.06. The monoisotopic (exact) mass is 394 g/mol. The average molecular weight is 395 g/mol. The van der Waals surface area contributed by atoms with E-state index in [4.69, 9.17) is 5.73 Å². The molecule has 1 aliphatic carbocycles. The first-order chi connectivity index (χ1) is 8.58. The van der Waals surface area contributed by atoms with Crippen LogP contribution in [0.3, 0.4) is 0 Å². The lowest BCUT2D eigenvalue weighted by atomic mass is 9.96. The van der Waals surface area contributed by atoms with Crippen molar-refractivity contribution in [1.82, 2.24) is 5.32 Å². The molecule has 5 heteroatoms. The van der Waals surface area contributed by atoms with Crippen LogP contribution in [0.5, 0.6) is 0 Å². The average Bonchev–Trinajstić information content (AvgIpc) is 2.81. The Hall–Kier alpha value is -0.330. The Morgan fingerprint density at radius 1 is 1.42 bits per heavy atom. The van der Waals surface area contributed by atoms with E-state index in [1.165, 1.54) is 0 Å². The van der Waals surface area contributed by atoms with Crippen LogP contribution < -0.4 is 11.1 Å². The van der Waals surface area contributed by atoms with Crippen molar-refractivity contribution in [3.05, 3.63) is 32.9 Å². The molecular weight excluding hydrogens is 375 g/mol. The van der Waals surface area contributed by atoms with Crippen LogP contribution in [0.15, 0.2) is 18.2 Å². The van der Waals surface area contributed by atoms with Gasteiger partial charge in [0.2, 0.25) is 0 Å². The standard InChI is InChI=1S/C14H19IN2O.ClH/c1-10-11(5-4-6-12(10)15)13(18)17-14(9-16)7-2-3-8-14;/h4-6H,2-3,7-9,16H2,1H3,(H,17,18);1H. The first kappa shape index (κ1) is 16.7. The summed E-state index contributed by atoms with van der Waals surface area (Å²) >= 11 is 2.26. The zero-order chi connectivity index (χ0) is 13.2. The van der Waals surface area contributed by atoms with Crippen molar-refractivity contribution in [2.24, 2.45) is 5.73 Å². The normalized spacial score (nSPS) is 16.8. The molecule has 2 rings (SSSR count). The van der Waals surface area contributed by atoms with Crippen LogP contribution in [0.2, 0.25) is 0 Å². The number of hydrogen-bond donors (Lipinski definition) is 2. The van der Waals surface area contributed by atoms with E-state index in [2.05, 4.69) is 27.9 Å². The van der Waals surface area contributed by atoms with Crippen LogP contribution in [0.1, 0.15) is 41.6 Å². The van der Waals surface area contributed by atoms with Gasteiger partial charge in [-0.1, -0.05) is 18.9 Å². The maximum Gasteiger partial charge on any atom is 0.252 e. The number of halogens is 2. The third-order valence-electron chi connectivity index (χ3n) is 3.84. The molecular formula is C14H20ClIN2O. The van der Waals surface area contributed by atoms with Gasteiger partial charge in [0.1, 0.15) is 0 Å². The third kappa shape index (κ3) is 3.61. The molecule has 0 atom stereocenters. The van der Waals surface area contributed by atoms with E-state index in [-0.39, 0.29) is 23.9 Å². The van der Waals surface area contributed by atoms with E-state index >= 15 is 0 Å². The van der Waals surface area contributed by atoms with Crippen molar-refractivity contribution in [2.75, 3.05) is 6.54 Å². The van der Waals surface area contributed by atoms with Crippen molar-refractivity contribution < 1.29 is 4.79 Å². The van der Waals surface area contributed by atoms with Gasteiger partial charge in [-0.05, 0) is 60.1 Å². The highest BCUT2D eigenvalue weighted by atomic mass is 127. The minimum atomic E-state index is -0.176. The SMILES string of the molecule is Cc1c(I)cccc1C(=O)NC1(CN)CCCC1.Cl. The van der Waals surface area contributed by atoms with Crippen molar-refractivity contribution in [3.63, 3.8) is 0 Å². The summed E-state index contributed by atoms with van der Waals surface area (Å²) in [5, 5.41) is 3.16. The van der Waals surface area contributed by atoms with Crippen molar-refractivity contribution in [3.8, 4) is 0 Å². The minimum Gasteiger partial charge on any atom is -0.345 e. The molecule has 0 aliphatic heterocycles. The quantitative estimate of drug-likeness (QED) is 0.774. The van der Waals surface area contributed by atoms with E-state index in [0.29, 0.717) is 6.54 Å². The molecule has 1 fully saturated rings. The maximum atomic E-state index is 12.4. The molecule has 19 heavy (non-hydrogen) atoms. The van der Waals surface area contributed by atoms with Crippen molar-refractivity contribution in [2.45, 2.75) is 38.1 Å². The number of nitrogens with two attached hydrogens (primary N) is 1. The summed E-state index contributed by atoms with van der Waals surface area (Å²) in [6.07, 6.45) is 4.31. The molecule has 0 radical (unpaired) electrons. The van der Waals surface area contributed by atoms with E-state index in [1.54, 1.807) is 0 Å². The predicted molar refractivity (Wildman–Crippen MR) is 88.9 cm³/mol. The second-order valence-corrected chi connectivity index (χ2v) is 6.22. The lowest BCUT2D eigenvalue weighted by molar-refractivity contribution is 0.0902. The van der Waals surface area contributed by atoms with E-state index in [0.717, 1.165) is 40.4 Å². The summed E-state index contributed by atoms with van der Waals surface area (Å²) in [4.78, 5) is 12.4. The molecule has 106 valence electrons. The summed E-state index contributed by atoms with van der Waals surface area (Å²) in [6, 6.07) is 5.82. The summed E-state index contributed by atoms with van der Waals surface area (Å²) in [7, 11) is 0. The third-order valence-corrected chi connectivity index (χ3v) is 5.01. The molecule has 1 aliphatic rings. The molecule has 0 bridgehead atoms. The van der Waals surface area contributed by atoms with Crippen LogP contribution in [0.25, 0.3) is 0 Å². The fraction of sp³-hybridized carbons (Fsp3) is 0.500. The van der Waals surface area contributed by atoms with Gasteiger partial charge in [-0.25, -0.2) is 0 Å². The topological polar surface area (TPSA) is 55.1 Å². The smallest absolute Gasteiger partial charge is 0.252 e. The van der Waals surface area contributed by atoms with Crippen LogP contribution >= 0.6 is 35.0 Å². The molecule has 3 N–H and O–H groups in total. The second kappa shape index (κ2) is 6.90. The van der Waals surface area contributed by atoms with Gasteiger partial charge >= 0.3 is 0 Å². The Bertz CT molecular complexity index is 459. The molecule has 1 aromatic rings. The number of amides is 1. The Morgan fingerprint density at radius 3 is 2.63 bits per heavy atom. The van der Waals surface area contributed by atoms with Gasteiger partial charge in [0, 0.05) is 15.7 Å². The highest BCUT2D eigenvalue weighted by molar-refractivity contribution is 14.1. The number of benzene rings is 1. The van der Waals surface area contributed by atoms with Crippen LogP contribution in [-0.4, -0.2) is 18.0 Å². The Balaban J connectivity index is 0.00000180. The zero-order valence-electron chi connectivity index (χ0n) is 11.0. The number of rotatable bonds is 3. The van der Waals surface area contributed by atoms with Crippen LogP contribution in [-0.2, 0) is 0 Å². The van der Waals surface area contributed by atoms with Gasteiger partial charge < -0.3 is 11.1 Å². The first-order valence-corrected chi connectivity index (χ1v) is 7.43. The van der Waals surface area contributed by atoms with Gasteiger partial charge in [0.05, 0.1) is 5.54 Å². The van der Waals surface area contributed by atoms with Crippen molar-refractivity contribution >= 4 is 40.9 Å². The predicted octanol–water partition coefficient (Wildman–Crippen LogP) is 3.02. The lowest BCUT2D eigenvalue weighted by Crippen LogP contribution is -2.51. The van der Waals surface area contributed by atoms with Crippen molar-refractivity contribution in [1.29, 1.82) is 0 Å². The summed E-state index contributed by atoms with van der Waals surface area (Å²) in [5.74, 6) is 0.0124. The molecule has 0 unspecified atom stereocenters. The molecule has 0 aromatic heterocycles. The van der Waals surface area contributed by atoms with E-state index in [1.807, 2.05) is 25.1 Å².